The first-order chi connectivity index (χ1) is 12.4. The van der Waals surface area contributed by atoms with Crippen LogP contribution in [0, 0.1) is 0 Å². The molecule has 0 atom stereocenters. The van der Waals surface area contributed by atoms with Crippen molar-refractivity contribution in [2.45, 2.75) is 0 Å². The SMILES string of the molecule is c1ccc2c(c1)sc1c2sc2c1sc1c3sc4ccccc4c3sc12. The van der Waals surface area contributed by atoms with Crippen molar-refractivity contribution in [2.24, 2.45) is 0 Å². The van der Waals surface area contributed by atoms with E-state index in [-0.39, 0.29) is 0 Å². The molecule has 25 heavy (non-hydrogen) atoms. The van der Waals surface area contributed by atoms with E-state index in [9.17, 15) is 0 Å². The second kappa shape index (κ2) is 4.61. The van der Waals surface area contributed by atoms with Crippen LogP contribution in [-0.2, 0) is 0 Å². The first-order valence-corrected chi connectivity index (χ1v) is 12.0. The van der Waals surface area contributed by atoms with Crippen molar-refractivity contribution < 1.29 is 0 Å². The Bertz CT molecular complexity index is 1480. The lowest BCUT2D eigenvalue weighted by Crippen LogP contribution is -1.58. The maximum atomic E-state index is 2.27. The topological polar surface area (TPSA) is 0 Å². The molecule has 0 saturated heterocycles. The minimum atomic E-state index is 1.41. The van der Waals surface area contributed by atoms with Crippen LogP contribution in [0.1, 0.15) is 0 Å². The third-order valence-electron chi connectivity index (χ3n) is 4.74. The molecule has 5 aromatic heterocycles. The average Bonchev–Trinajstić information content (AvgIpc) is 3.38. The van der Waals surface area contributed by atoms with Crippen LogP contribution in [0.15, 0.2) is 48.5 Å². The normalized spacial score (nSPS) is 12.8. The zero-order valence-corrected chi connectivity index (χ0v) is 16.7. The average molecular weight is 409 g/mol. The summed E-state index contributed by atoms with van der Waals surface area (Å²) in [6.07, 6.45) is 0. The maximum Gasteiger partial charge on any atom is 0.0651 e. The molecule has 0 N–H and O–H groups in total. The number of rotatable bonds is 0. The fourth-order valence-corrected chi connectivity index (χ4v) is 11.1. The fraction of sp³-hybridized carbons (Fsp3) is 0. The Kier molecular flexibility index (Phi) is 2.52. The summed E-state index contributed by atoms with van der Waals surface area (Å²) < 4.78 is 14.8. The van der Waals surface area contributed by atoms with Crippen molar-refractivity contribution in [3.8, 4) is 0 Å². The Labute approximate surface area is 162 Å². The predicted molar refractivity (Wildman–Crippen MR) is 121 cm³/mol. The van der Waals surface area contributed by atoms with E-state index >= 15 is 0 Å². The van der Waals surface area contributed by atoms with Gasteiger partial charge in [-0.25, -0.2) is 0 Å². The summed E-state index contributed by atoms with van der Waals surface area (Å²) in [6, 6.07) is 17.6. The number of benzene rings is 2. The number of hydrogen-bond acceptors (Lipinski definition) is 5. The first kappa shape index (κ1) is 13.7. The zero-order chi connectivity index (χ0) is 16.1. The summed E-state index contributed by atoms with van der Waals surface area (Å²) in [5.74, 6) is 0. The third-order valence-corrected chi connectivity index (χ3v) is 11.7. The van der Waals surface area contributed by atoms with E-state index < -0.39 is 0 Å². The lowest BCUT2D eigenvalue weighted by molar-refractivity contribution is 1.88. The molecule has 0 spiro atoms. The highest BCUT2D eigenvalue weighted by atomic mass is 32.1. The van der Waals surface area contributed by atoms with Gasteiger partial charge in [-0.3, -0.25) is 0 Å². The fourth-order valence-electron chi connectivity index (χ4n) is 3.63. The molecule has 0 aliphatic heterocycles. The van der Waals surface area contributed by atoms with Crippen molar-refractivity contribution in [3.63, 3.8) is 0 Å². The van der Waals surface area contributed by atoms with Crippen LogP contribution < -0.4 is 0 Å². The molecule has 0 unspecified atom stereocenters. The highest BCUT2D eigenvalue weighted by molar-refractivity contribution is 7.49. The van der Waals surface area contributed by atoms with Crippen LogP contribution in [0.5, 0.6) is 0 Å². The van der Waals surface area contributed by atoms with E-state index in [1.165, 1.54) is 57.8 Å². The molecule has 0 amide bonds. The van der Waals surface area contributed by atoms with Gasteiger partial charge in [0.05, 0.1) is 37.6 Å². The molecule has 0 nitrogen and oxygen atoms in total. The number of thiophene rings is 5. The van der Waals surface area contributed by atoms with Crippen LogP contribution in [0.2, 0.25) is 0 Å². The van der Waals surface area contributed by atoms with Gasteiger partial charge in [-0.1, -0.05) is 36.4 Å². The Morgan fingerprint density at radius 3 is 1.20 bits per heavy atom. The van der Waals surface area contributed by atoms with Crippen molar-refractivity contribution in [3.05, 3.63) is 48.5 Å². The smallest absolute Gasteiger partial charge is 0.0651 e. The van der Waals surface area contributed by atoms with Gasteiger partial charge in [0, 0.05) is 20.2 Å². The number of fused-ring (bicyclic) bond motifs is 11. The quantitative estimate of drug-likeness (QED) is 0.235. The second-order valence-corrected chi connectivity index (χ2v) is 11.3. The minimum absolute atomic E-state index is 1.41. The van der Waals surface area contributed by atoms with E-state index in [1.807, 2.05) is 56.7 Å². The van der Waals surface area contributed by atoms with Crippen molar-refractivity contribution in [2.75, 3.05) is 0 Å². The Morgan fingerprint density at radius 2 is 0.720 bits per heavy atom. The van der Waals surface area contributed by atoms with Crippen LogP contribution in [0.3, 0.4) is 0 Å². The largest absolute Gasteiger partial charge is 0.133 e. The van der Waals surface area contributed by atoms with Gasteiger partial charge in [-0.05, 0) is 12.1 Å². The molecule has 7 aromatic rings. The summed E-state index contributed by atoms with van der Waals surface area (Å²) in [6.45, 7) is 0. The molecule has 2 aromatic carbocycles. The monoisotopic (exact) mass is 408 g/mol. The Balaban J connectivity index is 1.70. The summed E-state index contributed by atoms with van der Waals surface area (Å²) >= 11 is 9.91. The van der Waals surface area contributed by atoms with E-state index in [4.69, 9.17) is 0 Å². The Morgan fingerprint density at radius 1 is 0.360 bits per heavy atom. The lowest BCUT2D eigenvalue weighted by Gasteiger charge is -1.86. The summed E-state index contributed by atoms with van der Waals surface area (Å²) in [7, 11) is 0. The molecule has 7 rings (SSSR count). The third kappa shape index (κ3) is 1.62. The molecular formula is C20H8S5. The Hall–Kier alpha value is -1.50. The number of hydrogen-bond donors (Lipinski definition) is 0. The lowest BCUT2D eigenvalue weighted by atomic mass is 10.2. The summed E-state index contributed by atoms with van der Waals surface area (Å²) in [5, 5.41) is 2.85. The van der Waals surface area contributed by atoms with Gasteiger partial charge >= 0.3 is 0 Å². The minimum Gasteiger partial charge on any atom is -0.133 e. The van der Waals surface area contributed by atoms with Crippen molar-refractivity contribution in [1.82, 2.24) is 0 Å². The van der Waals surface area contributed by atoms with Crippen LogP contribution in [0.4, 0.5) is 0 Å². The van der Waals surface area contributed by atoms with Gasteiger partial charge in [0.25, 0.3) is 0 Å². The van der Waals surface area contributed by atoms with Gasteiger partial charge in [-0.15, -0.1) is 56.7 Å². The van der Waals surface area contributed by atoms with E-state index in [2.05, 4.69) is 48.5 Å². The summed E-state index contributed by atoms with van der Waals surface area (Å²) in [4.78, 5) is 0. The standard InChI is InChI=1S/C20H8S5/c1-3-7-11-9(5-1)13-15(21-11)17-19(23-13)20-18(25-17)16-14(24-20)10-6-2-4-8-12(10)22-16/h1-8H. The van der Waals surface area contributed by atoms with Gasteiger partial charge < -0.3 is 0 Å². The second-order valence-electron chi connectivity index (χ2n) is 6.14. The predicted octanol–water partition coefficient (Wildman–Crippen LogP) is 8.91. The van der Waals surface area contributed by atoms with E-state index in [1.54, 1.807) is 0 Å². The van der Waals surface area contributed by atoms with E-state index in [0.29, 0.717) is 0 Å². The van der Waals surface area contributed by atoms with Crippen LogP contribution in [0.25, 0.3) is 57.8 Å². The summed E-state index contributed by atoms with van der Waals surface area (Å²) in [5.41, 5.74) is 0. The molecule has 0 bridgehead atoms. The molecule has 0 saturated carbocycles. The highest BCUT2D eigenvalue weighted by Gasteiger charge is 2.21. The molecule has 0 radical (unpaired) electrons. The highest BCUT2D eigenvalue weighted by Crippen LogP contribution is 2.55. The van der Waals surface area contributed by atoms with Gasteiger partial charge in [0.1, 0.15) is 0 Å². The van der Waals surface area contributed by atoms with Crippen LogP contribution >= 0.6 is 56.7 Å². The zero-order valence-electron chi connectivity index (χ0n) is 12.7. The van der Waals surface area contributed by atoms with Gasteiger partial charge in [0.15, 0.2) is 0 Å². The van der Waals surface area contributed by atoms with Gasteiger partial charge in [0.2, 0.25) is 0 Å². The molecule has 5 heteroatoms. The maximum absolute atomic E-state index is 2.27. The molecule has 0 aliphatic carbocycles. The first-order valence-electron chi connectivity index (χ1n) is 7.95. The van der Waals surface area contributed by atoms with Gasteiger partial charge in [-0.2, -0.15) is 0 Å². The van der Waals surface area contributed by atoms with E-state index in [0.717, 1.165) is 0 Å². The van der Waals surface area contributed by atoms with Crippen molar-refractivity contribution in [1.29, 1.82) is 0 Å². The molecule has 118 valence electrons. The molecule has 0 aliphatic rings. The van der Waals surface area contributed by atoms with Crippen molar-refractivity contribution >= 4 is 114 Å². The molecule has 5 heterocycles. The van der Waals surface area contributed by atoms with Crippen LogP contribution in [-0.4, -0.2) is 0 Å². The molecule has 0 fully saturated rings. The molecular weight excluding hydrogens is 401 g/mol.